The Balaban J connectivity index is 1.26. The molecule has 5 rings (SSSR count). The number of piperidine rings is 1. The van der Waals surface area contributed by atoms with Gasteiger partial charge in [-0.1, -0.05) is 57.5 Å². The van der Waals surface area contributed by atoms with Crippen LogP contribution in [0.25, 0.3) is 11.4 Å². The van der Waals surface area contributed by atoms with E-state index in [9.17, 15) is 19.2 Å². The van der Waals surface area contributed by atoms with Crippen molar-refractivity contribution in [3.63, 3.8) is 0 Å². The second kappa shape index (κ2) is 14.9. The van der Waals surface area contributed by atoms with Crippen LogP contribution in [0.15, 0.2) is 36.4 Å². The molecule has 46 heavy (non-hydrogen) atoms. The van der Waals surface area contributed by atoms with Crippen molar-refractivity contribution in [3.8, 4) is 11.4 Å². The van der Waals surface area contributed by atoms with Crippen LogP contribution < -0.4 is 10.2 Å². The number of benzene rings is 1. The number of nitrogens with one attached hydrogen (secondary N) is 1. The number of aromatic nitrogens is 2. The lowest BCUT2D eigenvalue weighted by atomic mass is 10.0. The maximum Gasteiger partial charge on any atom is 0.409 e. The predicted octanol–water partition coefficient (Wildman–Crippen LogP) is 3.61. The van der Waals surface area contributed by atoms with Crippen molar-refractivity contribution in [1.29, 1.82) is 0 Å². The van der Waals surface area contributed by atoms with Gasteiger partial charge in [0.15, 0.2) is 5.82 Å². The van der Waals surface area contributed by atoms with Crippen LogP contribution in [0, 0.1) is 23.7 Å². The average Bonchev–Trinajstić information content (AvgIpc) is 3.52. The summed E-state index contributed by atoms with van der Waals surface area (Å²) in [6, 6.07) is 10.5. The quantitative estimate of drug-likeness (QED) is 0.275. The van der Waals surface area contributed by atoms with Gasteiger partial charge in [0.2, 0.25) is 5.91 Å². The highest BCUT2D eigenvalue weighted by Crippen LogP contribution is 2.54. The highest BCUT2D eigenvalue weighted by Gasteiger charge is 2.55. The monoisotopic (exact) mass is 634 g/mol. The Morgan fingerprint density at radius 3 is 2.28 bits per heavy atom. The lowest BCUT2D eigenvalue weighted by molar-refractivity contribution is -0.140. The molecular formula is C34H46N6O6. The molecule has 1 N–H and O–H groups in total. The first-order chi connectivity index (χ1) is 22.2. The van der Waals surface area contributed by atoms with Gasteiger partial charge in [0.25, 0.3) is 5.91 Å². The van der Waals surface area contributed by atoms with Crippen LogP contribution in [0.1, 0.15) is 56.9 Å². The van der Waals surface area contributed by atoms with Crippen LogP contribution in [0.5, 0.6) is 0 Å². The number of esters is 1. The van der Waals surface area contributed by atoms with E-state index in [-0.39, 0.29) is 29.6 Å². The molecule has 2 aliphatic heterocycles. The number of fused-ring (bicyclic) bond motifs is 1. The van der Waals surface area contributed by atoms with Crippen LogP contribution in [0.2, 0.25) is 0 Å². The highest BCUT2D eigenvalue weighted by molar-refractivity contribution is 5.97. The first kappa shape index (κ1) is 33.2. The number of amides is 3. The molecule has 12 heteroatoms. The molecule has 0 bridgehead atoms. The molecule has 248 valence electrons. The third kappa shape index (κ3) is 7.76. The molecule has 1 aromatic carbocycles. The number of hydrogen-bond acceptors (Lipinski definition) is 9. The largest absolute Gasteiger partial charge is 0.469 e. The third-order valence-electron chi connectivity index (χ3n) is 9.37. The Bertz CT molecular complexity index is 1380. The molecule has 2 aromatic rings. The number of piperazine rings is 1. The minimum absolute atomic E-state index is 0.170. The number of ether oxygens (including phenoxy) is 2. The van der Waals surface area contributed by atoms with Crippen molar-refractivity contribution in [3.05, 3.63) is 42.1 Å². The molecule has 3 amide bonds. The first-order valence-electron chi connectivity index (χ1n) is 16.5. The van der Waals surface area contributed by atoms with Crippen molar-refractivity contribution in [2.75, 3.05) is 57.9 Å². The number of carbonyl (C=O) groups excluding carboxylic acids is 4. The van der Waals surface area contributed by atoms with Gasteiger partial charge in [-0.15, -0.1) is 0 Å². The number of hydrogen-bond donors (Lipinski definition) is 1. The van der Waals surface area contributed by atoms with E-state index in [1.165, 1.54) is 7.11 Å². The molecule has 0 radical (unpaired) electrons. The van der Waals surface area contributed by atoms with E-state index >= 15 is 0 Å². The Morgan fingerprint density at radius 1 is 0.978 bits per heavy atom. The number of anilines is 1. The molecule has 1 aliphatic carbocycles. The minimum atomic E-state index is -0.760. The maximum atomic E-state index is 13.8. The molecule has 3 aliphatic rings. The predicted molar refractivity (Wildman–Crippen MR) is 172 cm³/mol. The molecule has 4 atom stereocenters. The zero-order valence-corrected chi connectivity index (χ0v) is 27.3. The van der Waals surface area contributed by atoms with Gasteiger partial charge >= 0.3 is 12.1 Å². The number of carbonyl (C=O) groups is 4. The Hall–Kier alpha value is -4.22. The normalized spacial score (nSPS) is 21.1. The highest BCUT2D eigenvalue weighted by atomic mass is 16.6. The van der Waals surface area contributed by atoms with E-state index < -0.39 is 11.9 Å². The van der Waals surface area contributed by atoms with E-state index in [4.69, 9.17) is 14.5 Å². The minimum Gasteiger partial charge on any atom is -0.469 e. The fraction of sp³-hybridized carbons (Fsp3) is 0.588. The summed E-state index contributed by atoms with van der Waals surface area (Å²) in [6.45, 7) is 9.33. The van der Waals surface area contributed by atoms with Gasteiger partial charge in [0.1, 0.15) is 17.6 Å². The molecule has 1 aromatic heterocycles. The SMILES string of the molecule is CCCCOC(=O)N1CCN(C(=O)[C@@H](NC(=O)c2cc(N3C[C@@H]4[C@@H](CCC(=O)OC)[C@@H]4C3)nc(-c3ccccc3)n2)C(C)C)CC1. The van der Waals surface area contributed by atoms with Gasteiger partial charge in [-0.2, -0.15) is 0 Å². The number of unbranched alkanes of at least 4 members (excludes halogenated alkanes) is 1. The first-order valence-corrected chi connectivity index (χ1v) is 16.5. The van der Waals surface area contributed by atoms with Crippen molar-refractivity contribution < 1.29 is 28.7 Å². The summed E-state index contributed by atoms with van der Waals surface area (Å²) in [5.41, 5.74) is 0.992. The van der Waals surface area contributed by atoms with Gasteiger partial charge < -0.3 is 29.5 Å². The fourth-order valence-corrected chi connectivity index (χ4v) is 6.51. The van der Waals surface area contributed by atoms with Crippen LogP contribution in [-0.2, 0) is 19.1 Å². The standard InChI is InChI=1S/C34H46N6O6/c1-5-6-18-46-34(44)39-16-14-38(15-17-39)33(43)30(22(2)3)37-32(42)27-19-28(36-31(35-27)23-10-8-7-9-11-23)40-20-25-24(26(25)21-40)12-13-29(41)45-4/h7-11,19,22,24-26,30H,5-6,12-18,20-21H2,1-4H3,(H,37,42)/t24-,25-,26+,30-/m0/s1. The van der Waals surface area contributed by atoms with Crippen molar-refractivity contribution >= 4 is 29.7 Å². The molecule has 0 unspecified atom stereocenters. The van der Waals surface area contributed by atoms with Crippen LogP contribution in [-0.4, -0.2) is 103 Å². The number of rotatable bonds is 12. The second-order valence-electron chi connectivity index (χ2n) is 12.8. The van der Waals surface area contributed by atoms with E-state index in [0.717, 1.165) is 37.9 Å². The Kier molecular flexibility index (Phi) is 10.7. The lowest BCUT2D eigenvalue weighted by Gasteiger charge is -2.36. The van der Waals surface area contributed by atoms with Gasteiger partial charge in [-0.05, 0) is 36.5 Å². The zero-order valence-electron chi connectivity index (χ0n) is 27.3. The smallest absolute Gasteiger partial charge is 0.409 e. The topological polar surface area (TPSA) is 134 Å². The van der Waals surface area contributed by atoms with Crippen LogP contribution in [0.3, 0.4) is 0 Å². The summed E-state index contributed by atoms with van der Waals surface area (Å²) in [6.07, 6.45) is 2.67. The fourth-order valence-electron chi connectivity index (χ4n) is 6.51. The van der Waals surface area contributed by atoms with Crippen molar-refractivity contribution in [2.45, 2.75) is 52.5 Å². The molecule has 12 nitrogen and oxygen atoms in total. The summed E-state index contributed by atoms with van der Waals surface area (Å²) in [5, 5.41) is 2.96. The molecule has 3 heterocycles. The van der Waals surface area contributed by atoms with E-state index in [1.807, 2.05) is 51.1 Å². The Labute approximate surface area is 270 Å². The van der Waals surface area contributed by atoms with Gasteiger partial charge in [-0.3, -0.25) is 14.4 Å². The number of nitrogens with zero attached hydrogens (tertiary/aromatic N) is 5. The second-order valence-corrected chi connectivity index (χ2v) is 12.8. The van der Waals surface area contributed by atoms with Gasteiger partial charge in [0.05, 0.1) is 13.7 Å². The number of methoxy groups -OCH3 is 1. The van der Waals surface area contributed by atoms with Gasteiger partial charge in [-0.25, -0.2) is 14.8 Å². The summed E-state index contributed by atoms with van der Waals surface area (Å²) in [4.78, 5) is 66.4. The Morgan fingerprint density at radius 2 is 1.65 bits per heavy atom. The molecule has 2 saturated heterocycles. The average molecular weight is 635 g/mol. The summed E-state index contributed by atoms with van der Waals surface area (Å²) in [5.74, 6) is 1.62. The third-order valence-corrected chi connectivity index (χ3v) is 9.37. The van der Waals surface area contributed by atoms with Gasteiger partial charge in [0, 0.05) is 57.3 Å². The van der Waals surface area contributed by atoms with Crippen molar-refractivity contribution in [2.24, 2.45) is 23.7 Å². The van der Waals surface area contributed by atoms with E-state index in [2.05, 4.69) is 15.2 Å². The maximum absolute atomic E-state index is 13.8. The molecular weight excluding hydrogens is 588 g/mol. The summed E-state index contributed by atoms with van der Waals surface area (Å²) >= 11 is 0. The molecule has 1 saturated carbocycles. The molecule has 3 fully saturated rings. The summed E-state index contributed by atoms with van der Waals surface area (Å²) in [7, 11) is 1.42. The van der Waals surface area contributed by atoms with Crippen LogP contribution >= 0.6 is 0 Å². The summed E-state index contributed by atoms with van der Waals surface area (Å²) < 4.78 is 10.1. The van der Waals surface area contributed by atoms with E-state index in [0.29, 0.717) is 68.6 Å². The molecule has 0 spiro atoms. The van der Waals surface area contributed by atoms with E-state index in [1.54, 1.807) is 15.9 Å². The van der Waals surface area contributed by atoms with Crippen LogP contribution in [0.4, 0.5) is 10.6 Å². The zero-order chi connectivity index (χ0) is 32.8. The van der Waals surface area contributed by atoms with Crippen molar-refractivity contribution in [1.82, 2.24) is 25.1 Å². The lowest BCUT2D eigenvalue weighted by Crippen LogP contribution is -2.57.